The normalized spacial score (nSPS) is 19.4. The summed E-state index contributed by atoms with van der Waals surface area (Å²) in [4.78, 5) is 28.3. The lowest BCUT2D eigenvalue weighted by atomic mass is 10.1. The lowest BCUT2D eigenvalue weighted by Crippen LogP contribution is -2.48. The third-order valence-corrected chi connectivity index (χ3v) is 5.55. The van der Waals surface area contributed by atoms with Crippen LogP contribution in [0.1, 0.15) is 31.2 Å². The quantitative estimate of drug-likeness (QED) is 0.717. The minimum atomic E-state index is 0.153. The minimum Gasteiger partial charge on any atom is -0.486 e. The number of nitrogens with zero attached hydrogens (tertiary/aromatic N) is 2. The smallest absolute Gasteiger partial charge is 0.223 e. The van der Waals surface area contributed by atoms with Crippen LogP contribution in [-0.2, 0) is 16.1 Å². The predicted octanol–water partition coefficient (Wildman–Crippen LogP) is 1.41. The molecule has 1 saturated carbocycles. The number of piperazine rings is 1. The molecular formula is C21H29N3O4. The van der Waals surface area contributed by atoms with Crippen molar-refractivity contribution in [2.24, 2.45) is 5.92 Å². The van der Waals surface area contributed by atoms with Crippen LogP contribution in [-0.4, -0.2) is 67.6 Å². The standard InChI is InChI=1S/C21H29N3O4/c25-20(2-1-7-22-21(26)17-4-5-17)24-10-8-23(9-11-24)15-16-3-6-18-19(14-16)28-13-12-27-18/h3,6,14,17H,1-2,4-5,7-13,15H2,(H,22,26). The van der Waals surface area contributed by atoms with Gasteiger partial charge in [0.25, 0.3) is 0 Å². The van der Waals surface area contributed by atoms with E-state index in [-0.39, 0.29) is 17.7 Å². The maximum absolute atomic E-state index is 12.4. The molecule has 1 N–H and O–H groups in total. The number of nitrogens with one attached hydrogen (secondary N) is 1. The van der Waals surface area contributed by atoms with Gasteiger partial charge in [-0.05, 0) is 37.0 Å². The fourth-order valence-electron chi connectivity index (χ4n) is 3.70. The van der Waals surface area contributed by atoms with E-state index in [0.717, 1.165) is 57.1 Å². The molecule has 0 unspecified atom stereocenters. The fraction of sp³-hybridized carbons (Fsp3) is 0.619. The molecule has 0 atom stereocenters. The zero-order valence-electron chi connectivity index (χ0n) is 16.3. The van der Waals surface area contributed by atoms with E-state index in [4.69, 9.17) is 9.47 Å². The van der Waals surface area contributed by atoms with Gasteiger partial charge in [-0.15, -0.1) is 0 Å². The molecule has 1 aromatic rings. The van der Waals surface area contributed by atoms with Crippen LogP contribution in [0, 0.1) is 5.92 Å². The molecule has 0 bridgehead atoms. The number of hydrogen-bond donors (Lipinski definition) is 1. The van der Waals surface area contributed by atoms with Gasteiger partial charge in [-0.3, -0.25) is 14.5 Å². The van der Waals surface area contributed by atoms with Gasteiger partial charge in [0.15, 0.2) is 11.5 Å². The lowest BCUT2D eigenvalue weighted by molar-refractivity contribution is -0.133. The summed E-state index contributed by atoms with van der Waals surface area (Å²) in [6.45, 7) is 5.93. The molecule has 0 radical (unpaired) electrons. The van der Waals surface area contributed by atoms with Gasteiger partial charge in [-0.2, -0.15) is 0 Å². The number of amides is 2. The van der Waals surface area contributed by atoms with E-state index in [1.807, 2.05) is 11.0 Å². The topological polar surface area (TPSA) is 71.1 Å². The molecule has 2 aliphatic heterocycles. The predicted molar refractivity (Wildman–Crippen MR) is 104 cm³/mol. The van der Waals surface area contributed by atoms with Gasteiger partial charge in [0.2, 0.25) is 11.8 Å². The molecule has 3 aliphatic rings. The van der Waals surface area contributed by atoms with E-state index >= 15 is 0 Å². The molecule has 7 nitrogen and oxygen atoms in total. The van der Waals surface area contributed by atoms with Crippen molar-refractivity contribution in [3.05, 3.63) is 23.8 Å². The van der Waals surface area contributed by atoms with E-state index in [9.17, 15) is 9.59 Å². The van der Waals surface area contributed by atoms with Crippen molar-refractivity contribution in [2.75, 3.05) is 45.9 Å². The number of carbonyl (C=O) groups is 2. The third kappa shape index (κ3) is 4.95. The zero-order chi connectivity index (χ0) is 19.3. The second-order valence-corrected chi connectivity index (χ2v) is 7.80. The molecule has 2 amide bonds. The number of fused-ring (bicyclic) bond motifs is 1. The molecule has 1 aromatic carbocycles. The van der Waals surface area contributed by atoms with E-state index in [1.165, 1.54) is 5.56 Å². The highest BCUT2D eigenvalue weighted by molar-refractivity contribution is 5.81. The van der Waals surface area contributed by atoms with Gasteiger partial charge >= 0.3 is 0 Å². The molecule has 4 rings (SSSR count). The van der Waals surface area contributed by atoms with Crippen LogP contribution in [0.5, 0.6) is 11.5 Å². The summed E-state index contributed by atoms with van der Waals surface area (Å²) in [6.07, 6.45) is 3.25. The Morgan fingerprint density at radius 1 is 1.04 bits per heavy atom. The van der Waals surface area contributed by atoms with Gasteiger partial charge in [0.1, 0.15) is 13.2 Å². The molecule has 1 saturated heterocycles. The Labute approximate surface area is 166 Å². The van der Waals surface area contributed by atoms with Crippen molar-refractivity contribution in [3.63, 3.8) is 0 Å². The second-order valence-electron chi connectivity index (χ2n) is 7.80. The van der Waals surface area contributed by atoms with Crippen LogP contribution in [0.3, 0.4) is 0 Å². The molecule has 2 fully saturated rings. The van der Waals surface area contributed by atoms with Crippen LogP contribution in [0.15, 0.2) is 18.2 Å². The van der Waals surface area contributed by atoms with Gasteiger partial charge < -0.3 is 19.7 Å². The van der Waals surface area contributed by atoms with Gasteiger partial charge in [0, 0.05) is 51.6 Å². The van der Waals surface area contributed by atoms with Crippen molar-refractivity contribution in [1.82, 2.24) is 15.1 Å². The molecule has 0 aromatic heterocycles. The SMILES string of the molecule is O=C(NCCCC(=O)N1CCN(Cc2ccc3c(c2)OCCO3)CC1)C1CC1. The zero-order valence-corrected chi connectivity index (χ0v) is 16.3. The molecule has 28 heavy (non-hydrogen) atoms. The molecule has 1 aliphatic carbocycles. The summed E-state index contributed by atoms with van der Waals surface area (Å²) in [6, 6.07) is 6.12. The first-order valence-electron chi connectivity index (χ1n) is 10.4. The lowest BCUT2D eigenvalue weighted by Gasteiger charge is -2.35. The maximum Gasteiger partial charge on any atom is 0.223 e. The average molecular weight is 387 g/mol. The summed E-state index contributed by atoms with van der Waals surface area (Å²) in [5.41, 5.74) is 1.20. The van der Waals surface area contributed by atoms with Crippen LogP contribution >= 0.6 is 0 Å². The molecule has 7 heteroatoms. The van der Waals surface area contributed by atoms with E-state index < -0.39 is 0 Å². The van der Waals surface area contributed by atoms with Gasteiger partial charge in [-0.1, -0.05) is 6.07 Å². The van der Waals surface area contributed by atoms with E-state index in [0.29, 0.717) is 32.6 Å². The summed E-state index contributed by atoms with van der Waals surface area (Å²) < 4.78 is 11.2. The third-order valence-electron chi connectivity index (χ3n) is 5.55. The highest BCUT2D eigenvalue weighted by Crippen LogP contribution is 2.31. The van der Waals surface area contributed by atoms with Crippen molar-refractivity contribution in [2.45, 2.75) is 32.2 Å². The summed E-state index contributed by atoms with van der Waals surface area (Å²) in [5, 5.41) is 2.92. The Hall–Kier alpha value is -2.28. The number of benzene rings is 1. The molecular weight excluding hydrogens is 358 g/mol. The molecule has 2 heterocycles. The highest BCUT2D eigenvalue weighted by Gasteiger charge is 2.29. The summed E-state index contributed by atoms with van der Waals surface area (Å²) in [7, 11) is 0. The van der Waals surface area contributed by atoms with Crippen LogP contribution < -0.4 is 14.8 Å². The fourth-order valence-corrected chi connectivity index (χ4v) is 3.70. The van der Waals surface area contributed by atoms with Crippen LogP contribution in [0.25, 0.3) is 0 Å². The van der Waals surface area contributed by atoms with E-state index in [1.54, 1.807) is 0 Å². The summed E-state index contributed by atoms with van der Waals surface area (Å²) >= 11 is 0. The van der Waals surface area contributed by atoms with Gasteiger partial charge in [0.05, 0.1) is 0 Å². The van der Waals surface area contributed by atoms with Crippen LogP contribution in [0.2, 0.25) is 0 Å². The largest absolute Gasteiger partial charge is 0.486 e. The van der Waals surface area contributed by atoms with Crippen molar-refractivity contribution in [3.8, 4) is 11.5 Å². The Morgan fingerprint density at radius 2 is 1.79 bits per heavy atom. The second kappa shape index (κ2) is 8.82. The van der Waals surface area contributed by atoms with Crippen molar-refractivity contribution >= 4 is 11.8 Å². The Morgan fingerprint density at radius 3 is 2.54 bits per heavy atom. The maximum atomic E-state index is 12.4. The van der Waals surface area contributed by atoms with Crippen LogP contribution in [0.4, 0.5) is 0 Å². The minimum absolute atomic E-state index is 0.153. The first kappa shape index (κ1) is 19.1. The first-order valence-corrected chi connectivity index (χ1v) is 10.4. The van der Waals surface area contributed by atoms with Gasteiger partial charge in [-0.25, -0.2) is 0 Å². The monoisotopic (exact) mass is 387 g/mol. The van der Waals surface area contributed by atoms with Crippen molar-refractivity contribution in [1.29, 1.82) is 0 Å². The van der Waals surface area contributed by atoms with Crippen molar-refractivity contribution < 1.29 is 19.1 Å². The number of ether oxygens (including phenoxy) is 2. The first-order chi connectivity index (χ1) is 13.7. The Balaban J connectivity index is 1.16. The number of hydrogen-bond acceptors (Lipinski definition) is 5. The Kier molecular flexibility index (Phi) is 6.00. The Bertz CT molecular complexity index is 712. The highest BCUT2D eigenvalue weighted by atomic mass is 16.6. The van der Waals surface area contributed by atoms with E-state index in [2.05, 4.69) is 22.3 Å². The molecule has 0 spiro atoms. The summed E-state index contributed by atoms with van der Waals surface area (Å²) in [5.74, 6) is 2.22. The molecule has 152 valence electrons. The number of carbonyl (C=O) groups excluding carboxylic acids is 2. The average Bonchev–Trinajstić information content (AvgIpc) is 3.57. The number of rotatable bonds is 7.